The molecule has 2 N–H and O–H groups in total. The molecule has 2 unspecified atom stereocenters. The molecule has 2 rings (SSSR count). The third kappa shape index (κ3) is 2.15. The minimum Gasteiger partial charge on any atom is -0.380 e. The van der Waals surface area contributed by atoms with Gasteiger partial charge in [-0.15, -0.1) is 0 Å². The summed E-state index contributed by atoms with van der Waals surface area (Å²) >= 11 is 0. The van der Waals surface area contributed by atoms with Gasteiger partial charge in [0.05, 0.1) is 5.69 Å². The van der Waals surface area contributed by atoms with Crippen LogP contribution in [0.25, 0.3) is 0 Å². The van der Waals surface area contributed by atoms with E-state index in [1.165, 1.54) is 12.8 Å². The van der Waals surface area contributed by atoms with Crippen molar-refractivity contribution in [2.24, 2.45) is 5.92 Å². The molecule has 1 heterocycles. The summed E-state index contributed by atoms with van der Waals surface area (Å²) in [4.78, 5) is 3.09. The maximum atomic E-state index is 10.4. The molecule has 2 atom stereocenters. The third-order valence-electron chi connectivity index (χ3n) is 3.26. The van der Waals surface area contributed by atoms with Gasteiger partial charge in [-0.3, -0.25) is 0 Å². The Balaban J connectivity index is 2.10. The van der Waals surface area contributed by atoms with Gasteiger partial charge < -0.3 is 10.1 Å². The fraction of sp³-hybridized carbons (Fsp3) is 0.538. The molecule has 0 saturated heterocycles. The first-order valence-corrected chi connectivity index (χ1v) is 5.80. The SMILES string of the molecule is CCCC1C=CC(O)(c2ccc[nH]2)CC1. The van der Waals surface area contributed by atoms with E-state index in [1.807, 2.05) is 24.4 Å². The predicted octanol–water partition coefficient (Wildman–Crippen LogP) is 2.97. The molecule has 0 amide bonds. The minimum absolute atomic E-state index is 0.658. The molecule has 0 aromatic carbocycles. The molecule has 1 aliphatic carbocycles. The van der Waals surface area contributed by atoms with Gasteiger partial charge >= 0.3 is 0 Å². The molecular weight excluding hydrogens is 186 g/mol. The van der Waals surface area contributed by atoms with Gasteiger partial charge in [0.25, 0.3) is 0 Å². The molecule has 82 valence electrons. The van der Waals surface area contributed by atoms with Crippen molar-refractivity contribution in [2.75, 3.05) is 0 Å². The van der Waals surface area contributed by atoms with E-state index in [0.717, 1.165) is 18.5 Å². The van der Waals surface area contributed by atoms with E-state index in [9.17, 15) is 5.11 Å². The normalized spacial score (nSPS) is 30.7. The molecule has 0 radical (unpaired) electrons. The predicted molar refractivity (Wildman–Crippen MR) is 61.5 cm³/mol. The van der Waals surface area contributed by atoms with Crippen LogP contribution in [0.4, 0.5) is 0 Å². The zero-order chi connectivity index (χ0) is 10.7. The maximum absolute atomic E-state index is 10.4. The number of hydrogen-bond acceptors (Lipinski definition) is 1. The summed E-state index contributed by atoms with van der Waals surface area (Å²) < 4.78 is 0. The molecule has 1 aromatic rings. The first-order valence-electron chi connectivity index (χ1n) is 5.80. The summed E-state index contributed by atoms with van der Waals surface area (Å²) in [5, 5.41) is 10.4. The highest BCUT2D eigenvalue weighted by molar-refractivity contribution is 5.22. The molecule has 0 bridgehead atoms. The second kappa shape index (κ2) is 4.23. The van der Waals surface area contributed by atoms with E-state index in [4.69, 9.17) is 0 Å². The molecular formula is C13H19NO. The lowest BCUT2D eigenvalue weighted by Gasteiger charge is -2.30. The Morgan fingerprint density at radius 2 is 2.47 bits per heavy atom. The van der Waals surface area contributed by atoms with Crippen molar-refractivity contribution in [1.82, 2.24) is 4.98 Å². The lowest BCUT2D eigenvalue weighted by atomic mass is 9.81. The number of H-pyrrole nitrogens is 1. The van der Waals surface area contributed by atoms with Crippen LogP contribution in [0, 0.1) is 5.92 Å². The largest absolute Gasteiger partial charge is 0.380 e. The molecule has 0 saturated carbocycles. The van der Waals surface area contributed by atoms with Gasteiger partial charge in [-0.2, -0.15) is 0 Å². The summed E-state index contributed by atoms with van der Waals surface area (Å²) in [6.07, 6.45) is 10.4. The lowest BCUT2D eigenvalue weighted by molar-refractivity contribution is 0.0618. The Bertz CT molecular complexity index is 328. The number of nitrogens with one attached hydrogen (secondary N) is 1. The van der Waals surface area contributed by atoms with Gasteiger partial charge in [-0.25, -0.2) is 0 Å². The van der Waals surface area contributed by atoms with Crippen LogP contribution in [0.1, 0.15) is 38.3 Å². The standard InChI is InChI=1S/C13H19NO/c1-2-4-11-6-8-13(15,9-7-11)12-5-3-10-14-12/h3,5-6,8,10-11,14-15H,2,4,7,9H2,1H3. The van der Waals surface area contributed by atoms with Crippen molar-refractivity contribution in [3.63, 3.8) is 0 Å². The van der Waals surface area contributed by atoms with Crippen LogP contribution in [0.2, 0.25) is 0 Å². The number of aromatic amines is 1. The van der Waals surface area contributed by atoms with E-state index in [1.54, 1.807) is 0 Å². The van der Waals surface area contributed by atoms with Crippen LogP contribution < -0.4 is 0 Å². The Morgan fingerprint density at radius 3 is 3.00 bits per heavy atom. The smallest absolute Gasteiger partial charge is 0.122 e. The summed E-state index contributed by atoms with van der Waals surface area (Å²) in [5.41, 5.74) is 0.155. The Hall–Kier alpha value is -1.02. The average molecular weight is 205 g/mol. The molecule has 0 aliphatic heterocycles. The minimum atomic E-state index is -0.756. The molecule has 1 aromatic heterocycles. The fourth-order valence-electron chi connectivity index (χ4n) is 2.32. The van der Waals surface area contributed by atoms with Crippen molar-refractivity contribution >= 4 is 0 Å². The van der Waals surface area contributed by atoms with Crippen LogP contribution in [-0.4, -0.2) is 10.1 Å². The molecule has 0 fully saturated rings. The van der Waals surface area contributed by atoms with Gasteiger partial charge in [0, 0.05) is 6.20 Å². The zero-order valence-corrected chi connectivity index (χ0v) is 9.24. The van der Waals surface area contributed by atoms with E-state index < -0.39 is 5.60 Å². The van der Waals surface area contributed by atoms with Crippen LogP contribution >= 0.6 is 0 Å². The highest BCUT2D eigenvalue weighted by atomic mass is 16.3. The van der Waals surface area contributed by atoms with Gasteiger partial charge in [0.1, 0.15) is 5.60 Å². The second-order valence-corrected chi connectivity index (χ2v) is 4.45. The molecule has 1 aliphatic rings. The number of aromatic nitrogens is 1. The molecule has 15 heavy (non-hydrogen) atoms. The quantitative estimate of drug-likeness (QED) is 0.731. The van der Waals surface area contributed by atoms with Crippen molar-refractivity contribution in [2.45, 2.75) is 38.2 Å². The Kier molecular flexibility index (Phi) is 2.96. The van der Waals surface area contributed by atoms with Gasteiger partial charge in [0.2, 0.25) is 0 Å². The third-order valence-corrected chi connectivity index (χ3v) is 3.26. The summed E-state index contributed by atoms with van der Waals surface area (Å²) in [7, 11) is 0. The lowest BCUT2D eigenvalue weighted by Crippen LogP contribution is -2.27. The van der Waals surface area contributed by atoms with Crippen LogP contribution in [0.5, 0.6) is 0 Å². The van der Waals surface area contributed by atoms with Crippen molar-refractivity contribution < 1.29 is 5.11 Å². The Morgan fingerprint density at radius 1 is 1.60 bits per heavy atom. The van der Waals surface area contributed by atoms with Crippen LogP contribution in [0.15, 0.2) is 30.5 Å². The van der Waals surface area contributed by atoms with Gasteiger partial charge in [-0.05, 0) is 37.3 Å². The van der Waals surface area contributed by atoms with Crippen molar-refractivity contribution in [1.29, 1.82) is 0 Å². The van der Waals surface area contributed by atoms with Crippen molar-refractivity contribution in [3.8, 4) is 0 Å². The van der Waals surface area contributed by atoms with E-state index in [2.05, 4.69) is 18.0 Å². The maximum Gasteiger partial charge on any atom is 0.122 e. The second-order valence-electron chi connectivity index (χ2n) is 4.45. The monoisotopic (exact) mass is 205 g/mol. The Labute approximate surface area is 91.0 Å². The number of allylic oxidation sites excluding steroid dienone is 1. The molecule has 0 spiro atoms. The first kappa shape index (κ1) is 10.5. The van der Waals surface area contributed by atoms with Crippen molar-refractivity contribution in [3.05, 3.63) is 36.2 Å². The van der Waals surface area contributed by atoms with E-state index in [0.29, 0.717) is 5.92 Å². The fourth-order valence-corrected chi connectivity index (χ4v) is 2.32. The molecule has 2 nitrogen and oxygen atoms in total. The van der Waals surface area contributed by atoms with E-state index >= 15 is 0 Å². The summed E-state index contributed by atoms with van der Waals surface area (Å²) in [6.45, 7) is 2.21. The average Bonchev–Trinajstić information content (AvgIpc) is 2.76. The first-order chi connectivity index (χ1) is 7.24. The number of hydrogen-bond donors (Lipinski definition) is 2. The van der Waals surface area contributed by atoms with Crippen LogP contribution in [-0.2, 0) is 5.60 Å². The number of rotatable bonds is 3. The number of aliphatic hydroxyl groups is 1. The summed E-state index contributed by atoms with van der Waals surface area (Å²) in [6, 6.07) is 3.88. The summed E-state index contributed by atoms with van der Waals surface area (Å²) in [5.74, 6) is 0.658. The highest BCUT2D eigenvalue weighted by Gasteiger charge is 2.30. The zero-order valence-electron chi connectivity index (χ0n) is 9.24. The highest BCUT2D eigenvalue weighted by Crippen LogP contribution is 2.34. The topological polar surface area (TPSA) is 36.0 Å². The van der Waals surface area contributed by atoms with Gasteiger partial charge in [-0.1, -0.05) is 25.5 Å². The van der Waals surface area contributed by atoms with Gasteiger partial charge in [0.15, 0.2) is 0 Å². The molecule has 2 heteroatoms. The van der Waals surface area contributed by atoms with Crippen LogP contribution in [0.3, 0.4) is 0 Å². The van der Waals surface area contributed by atoms with E-state index in [-0.39, 0.29) is 0 Å².